The van der Waals surface area contributed by atoms with Crippen LogP contribution in [0.25, 0.3) is 16.9 Å². The van der Waals surface area contributed by atoms with E-state index in [9.17, 15) is 0 Å². The van der Waals surface area contributed by atoms with E-state index in [1.54, 1.807) is 6.20 Å². The van der Waals surface area contributed by atoms with Crippen molar-refractivity contribution in [2.45, 2.75) is 13.0 Å². The molecule has 28 heavy (non-hydrogen) atoms. The highest BCUT2D eigenvalue weighted by Gasteiger charge is 2.19. The number of hydrogen-bond acceptors (Lipinski definition) is 7. The van der Waals surface area contributed by atoms with Crippen LogP contribution in [0.5, 0.6) is 0 Å². The van der Waals surface area contributed by atoms with E-state index in [2.05, 4.69) is 42.0 Å². The minimum absolute atomic E-state index is 0.128. The van der Waals surface area contributed by atoms with E-state index < -0.39 is 0 Å². The Hall–Kier alpha value is -3.94. The summed E-state index contributed by atoms with van der Waals surface area (Å²) >= 11 is 0. The Morgan fingerprint density at radius 2 is 2.04 bits per heavy atom. The molecule has 0 aromatic carbocycles. The lowest BCUT2D eigenvalue weighted by atomic mass is 10.1. The molecule has 0 aliphatic rings. The van der Waals surface area contributed by atoms with E-state index in [-0.39, 0.29) is 11.9 Å². The van der Waals surface area contributed by atoms with E-state index >= 15 is 0 Å². The molecule has 8 heteroatoms. The van der Waals surface area contributed by atoms with Gasteiger partial charge in [0.2, 0.25) is 0 Å². The third-order valence-corrected chi connectivity index (χ3v) is 4.54. The van der Waals surface area contributed by atoms with Crippen molar-refractivity contribution >= 4 is 23.4 Å². The molecule has 0 aliphatic carbocycles. The van der Waals surface area contributed by atoms with Crippen LogP contribution in [0.2, 0.25) is 0 Å². The highest BCUT2D eigenvalue weighted by Crippen LogP contribution is 2.32. The SMILES string of the molecule is CC(Nc1ncnc(N)c1C=NO)c1cc2ccccn2c1-c1ccccn1. The summed E-state index contributed by atoms with van der Waals surface area (Å²) in [6.45, 7) is 2.03. The molecule has 4 N–H and O–H groups in total. The lowest BCUT2D eigenvalue weighted by Crippen LogP contribution is -2.12. The quantitative estimate of drug-likeness (QED) is 0.281. The van der Waals surface area contributed by atoms with Gasteiger partial charge in [0, 0.05) is 23.5 Å². The van der Waals surface area contributed by atoms with Crippen LogP contribution in [0.15, 0.2) is 66.3 Å². The highest BCUT2D eigenvalue weighted by atomic mass is 16.4. The first-order valence-electron chi connectivity index (χ1n) is 8.75. The number of fused-ring (bicyclic) bond motifs is 1. The number of aromatic nitrogens is 4. The molecule has 1 unspecified atom stereocenters. The van der Waals surface area contributed by atoms with Crippen LogP contribution in [-0.4, -0.2) is 30.8 Å². The Balaban J connectivity index is 1.81. The molecule has 4 aromatic heterocycles. The van der Waals surface area contributed by atoms with Crippen LogP contribution in [0.1, 0.15) is 24.1 Å². The Morgan fingerprint density at radius 3 is 2.82 bits per heavy atom. The van der Waals surface area contributed by atoms with E-state index in [4.69, 9.17) is 10.9 Å². The predicted octanol–water partition coefficient (Wildman–Crippen LogP) is 3.35. The van der Waals surface area contributed by atoms with Gasteiger partial charge in [-0.05, 0) is 37.3 Å². The smallest absolute Gasteiger partial charge is 0.141 e. The Morgan fingerprint density at radius 1 is 1.18 bits per heavy atom. The third-order valence-electron chi connectivity index (χ3n) is 4.54. The largest absolute Gasteiger partial charge is 0.411 e. The van der Waals surface area contributed by atoms with Crippen molar-refractivity contribution in [1.29, 1.82) is 0 Å². The van der Waals surface area contributed by atoms with Crippen molar-refractivity contribution in [3.8, 4) is 11.4 Å². The van der Waals surface area contributed by atoms with Gasteiger partial charge in [0.15, 0.2) is 0 Å². The number of nitrogens with zero attached hydrogens (tertiary/aromatic N) is 5. The summed E-state index contributed by atoms with van der Waals surface area (Å²) in [6, 6.07) is 13.9. The number of rotatable bonds is 5. The van der Waals surface area contributed by atoms with Crippen LogP contribution in [0, 0.1) is 0 Å². The van der Waals surface area contributed by atoms with Crippen LogP contribution < -0.4 is 11.1 Å². The normalized spacial score (nSPS) is 12.5. The van der Waals surface area contributed by atoms with E-state index in [0.29, 0.717) is 11.4 Å². The monoisotopic (exact) mass is 373 g/mol. The maximum absolute atomic E-state index is 8.93. The number of nitrogen functional groups attached to an aromatic ring is 1. The van der Waals surface area contributed by atoms with E-state index in [1.165, 1.54) is 12.5 Å². The molecule has 4 heterocycles. The van der Waals surface area contributed by atoms with E-state index in [0.717, 1.165) is 22.5 Å². The molecule has 0 spiro atoms. The van der Waals surface area contributed by atoms with Gasteiger partial charge < -0.3 is 20.7 Å². The standard InChI is InChI=1S/C20H19N7O/c1-13(26-20-16(11-25-28)19(21)23-12-24-20)15-10-14-6-3-5-9-27(14)18(15)17-7-2-4-8-22-17/h2-13,28H,1H3,(H3,21,23,24,26). The summed E-state index contributed by atoms with van der Waals surface area (Å²) in [5.41, 5.74) is 10.3. The molecule has 0 amide bonds. The summed E-state index contributed by atoms with van der Waals surface area (Å²) in [7, 11) is 0. The highest BCUT2D eigenvalue weighted by molar-refractivity contribution is 5.91. The average Bonchev–Trinajstić information content (AvgIpc) is 3.11. The minimum atomic E-state index is -0.128. The zero-order chi connectivity index (χ0) is 19.5. The average molecular weight is 373 g/mol. The van der Waals surface area contributed by atoms with Crippen molar-refractivity contribution in [1.82, 2.24) is 19.4 Å². The lowest BCUT2D eigenvalue weighted by Gasteiger charge is -2.17. The lowest BCUT2D eigenvalue weighted by molar-refractivity contribution is 0.322. The molecule has 0 fully saturated rings. The molecule has 0 bridgehead atoms. The van der Waals surface area contributed by atoms with Gasteiger partial charge in [0.1, 0.15) is 18.0 Å². The number of nitrogens with two attached hydrogens (primary N) is 1. The number of anilines is 2. The summed E-state index contributed by atoms with van der Waals surface area (Å²) in [5, 5.41) is 15.3. The molecule has 4 rings (SSSR count). The number of pyridine rings is 2. The summed E-state index contributed by atoms with van der Waals surface area (Å²) in [6.07, 6.45) is 6.39. The van der Waals surface area contributed by atoms with Crippen LogP contribution in [-0.2, 0) is 0 Å². The Labute approximate surface area is 161 Å². The molecule has 1 atom stereocenters. The predicted molar refractivity (Wildman–Crippen MR) is 108 cm³/mol. The summed E-state index contributed by atoms with van der Waals surface area (Å²) in [5.74, 6) is 0.717. The first kappa shape index (κ1) is 17.5. The molecule has 140 valence electrons. The minimum Gasteiger partial charge on any atom is -0.411 e. The second kappa shape index (κ2) is 7.36. The fourth-order valence-electron chi connectivity index (χ4n) is 3.24. The van der Waals surface area contributed by atoms with Gasteiger partial charge in [-0.15, -0.1) is 0 Å². The van der Waals surface area contributed by atoms with Crippen LogP contribution in [0.3, 0.4) is 0 Å². The number of nitrogens with one attached hydrogen (secondary N) is 1. The van der Waals surface area contributed by atoms with Crippen molar-refractivity contribution in [3.05, 3.63) is 72.3 Å². The Kier molecular flexibility index (Phi) is 4.59. The van der Waals surface area contributed by atoms with Crippen molar-refractivity contribution in [2.75, 3.05) is 11.1 Å². The summed E-state index contributed by atoms with van der Waals surface area (Å²) in [4.78, 5) is 12.7. The number of hydrogen-bond donors (Lipinski definition) is 3. The maximum Gasteiger partial charge on any atom is 0.141 e. The summed E-state index contributed by atoms with van der Waals surface area (Å²) < 4.78 is 2.11. The first-order chi connectivity index (χ1) is 13.7. The van der Waals surface area contributed by atoms with Gasteiger partial charge in [-0.2, -0.15) is 0 Å². The van der Waals surface area contributed by atoms with Gasteiger partial charge in [-0.1, -0.05) is 17.3 Å². The zero-order valence-corrected chi connectivity index (χ0v) is 15.2. The number of oxime groups is 1. The molecule has 0 saturated carbocycles. The van der Waals surface area contributed by atoms with Gasteiger partial charge in [-0.25, -0.2) is 9.97 Å². The molecule has 0 aliphatic heterocycles. The molecule has 4 aromatic rings. The van der Waals surface area contributed by atoms with Crippen LogP contribution in [0.4, 0.5) is 11.6 Å². The fourth-order valence-corrected chi connectivity index (χ4v) is 3.24. The topological polar surface area (TPSA) is 114 Å². The second-order valence-corrected chi connectivity index (χ2v) is 6.29. The second-order valence-electron chi connectivity index (χ2n) is 6.29. The zero-order valence-electron chi connectivity index (χ0n) is 15.2. The molecule has 0 radical (unpaired) electrons. The van der Waals surface area contributed by atoms with Gasteiger partial charge in [0.05, 0.1) is 29.2 Å². The van der Waals surface area contributed by atoms with Crippen LogP contribution >= 0.6 is 0 Å². The first-order valence-corrected chi connectivity index (χ1v) is 8.75. The van der Waals surface area contributed by atoms with E-state index in [1.807, 2.05) is 43.5 Å². The van der Waals surface area contributed by atoms with Crippen molar-refractivity contribution in [2.24, 2.45) is 5.16 Å². The Bertz CT molecular complexity index is 1140. The molecular formula is C20H19N7O. The fraction of sp³-hybridized carbons (Fsp3) is 0.100. The third kappa shape index (κ3) is 3.11. The van der Waals surface area contributed by atoms with Gasteiger partial charge in [0.25, 0.3) is 0 Å². The van der Waals surface area contributed by atoms with Crippen molar-refractivity contribution in [3.63, 3.8) is 0 Å². The maximum atomic E-state index is 8.93. The molecular weight excluding hydrogens is 354 g/mol. The molecule has 0 saturated heterocycles. The van der Waals surface area contributed by atoms with Gasteiger partial charge in [-0.3, -0.25) is 4.98 Å². The van der Waals surface area contributed by atoms with Crippen molar-refractivity contribution < 1.29 is 5.21 Å². The molecule has 8 nitrogen and oxygen atoms in total. The van der Waals surface area contributed by atoms with Gasteiger partial charge >= 0.3 is 0 Å².